The van der Waals surface area contributed by atoms with Gasteiger partial charge in [0.05, 0.1) is 0 Å². The number of unbranched alkanes of at least 4 members (excludes halogenated alkanes) is 10. The molecule has 0 saturated heterocycles. The molecule has 0 aliphatic carbocycles. The standard InChI is InChI=1S/C13H27PSe/c1-2-3-4-5-6-7-8-9-10-11-12-13-14-15/h2-13H2,1H3/p+1. The quantitative estimate of drug-likeness (QED) is 0.268. The Kier molecular flexibility index (Phi) is 15.6. The molecule has 15 heavy (non-hydrogen) atoms. The van der Waals surface area contributed by atoms with E-state index in [4.69, 9.17) is 0 Å². The average Bonchev–Trinajstić information content (AvgIpc) is 2.26. The minimum atomic E-state index is 1.04. The second kappa shape index (κ2) is 14.8. The maximum atomic E-state index is 3.11. The van der Waals surface area contributed by atoms with Crippen LogP contribution >= 0.6 is 6.83 Å². The Hall–Kier alpha value is 0.819. The van der Waals surface area contributed by atoms with Gasteiger partial charge in [0.2, 0.25) is 0 Å². The van der Waals surface area contributed by atoms with E-state index < -0.39 is 0 Å². The predicted octanol–water partition coefficient (Wildman–Crippen LogP) is 5.06. The fourth-order valence-corrected chi connectivity index (χ4v) is 3.16. The van der Waals surface area contributed by atoms with Gasteiger partial charge in [-0.15, -0.1) is 0 Å². The number of hydrogen-bond acceptors (Lipinski definition) is 0. The third-order valence-electron chi connectivity index (χ3n) is 2.88. The minimum absolute atomic E-state index is 1.04. The monoisotopic (exact) mass is 295 g/mol. The molecule has 0 nitrogen and oxygen atoms in total. The van der Waals surface area contributed by atoms with E-state index in [0.717, 1.165) is 6.83 Å². The van der Waals surface area contributed by atoms with E-state index in [0.29, 0.717) is 0 Å². The van der Waals surface area contributed by atoms with Crippen LogP contribution in [0.3, 0.4) is 0 Å². The number of rotatable bonds is 12. The maximum absolute atomic E-state index is 3.11. The second-order valence-corrected chi connectivity index (χ2v) is 7.04. The van der Waals surface area contributed by atoms with Crippen LogP contribution in [0.2, 0.25) is 0 Å². The third kappa shape index (κ3) is 14.8. The normalized spacial score (nSPS) is 11.0. The van der Waals surface area contributed by atoms with Gasteiger partial charge in [-0.1, -0.05) is 13.3 Å². The van der Waals surface area contributed by atoms with Gasteiger partial charge in [-0.25, -0.2) is 0 Å². The van der Waals surface area contributed by atoms with E-state index in [-0.39, 0.29) is 0 Å². The first kappa shape index (κ1) is 15.8. The molecule has 0 aromatic heterocycles. The Labute approximate surface area is 106 Å². The molecule has 0 amide bonds. The van der Waals surface area contributed by atoms with E-state index in [2.05, 4.69) is 22.0 Å². The fraction of sp³-hybridized carbons (Fsp3) is 1.00. The average molecular weight is 294 g/mol. The summed E-state index contributed by atoms with van der Waals surface area (Å²) in [5, 5.41) is 0. The summed E-state index contributed by atoms with van der Waals surface area (Å²) in [4.78, 5) is 0. The van der Waals surface area contributed by atoms with Gasteiger partial charge in [0.15, 0.2) is 0 Å². The Balaban J connectivity index is 2.83. The van der Waals surface area contributed by atoms with Crippen LogP contribution in [0.25, 0.3) is 0 Å². The van der Waals surface area contributed by atoms with Crippen LogP contribution in [0, 0.1) is 0 Å². The summed E-state index contributed by atoms with van der Waals surface area (Å²) in [5.41, 5.74) is 0. The van der Waals surface area contributed by atoms with Crippen molar-refractivity contribution >= 4 is 21.9 Å². The molecule has 0 saturated carbocycles. The van der Waals surface area contributed by atoms with Crippen LogP contribution in [0.5, 0.6) is 0 Å². The van der Waals surface area contributed by atoms with Crippen molar-refractivity contribution in [1.29, 1.82) is 0 Å². The summed E-state index contributed by atoms with van der Waals surface area (Å²) in [6.07, 6.45) is 17.5. The van der Waals surface area contributed by atoms with Gasteiger partial charge in [-0.2, -0.15) is 0 Å². The zero-order chi connectivity index (χ0) is 11.2. The zero-order valence-electron chi connectivity index (χ0n) is 10.4. The van der Waals surface area contributed by atoms with Crippen molar-refractivity contribution in [2.45, 2.75) is 77.6 Å². The van der Waals surface area contributed by atoms with E-state index >= 15 is 0 Å². The fourth-order valence-electron chi connectivity index (χ4n) is 1.86. The van der Waals surface area contributed by atoms with Crippen molar-refractivity contribution in [2.24, 2.45) is 0 Å². The summed E-state index contributed by atoms with van der Waals surface area (Å²) in [6, 6.07) is 0. The van der Waals surface area contributed by atoms with Crippen molar-refractivity contribution in [3.8, 4) is 0 Å². The first-order chi connectivity index (χ1) is 7.41. The Morgan fingerprint density at radius 1 is 0.667 bits per heavy atom. The molecule has 0 aliphatic rings. The van der Waals surface area contributed by atoms with Crippen molar-refractivity contribution in [1.82, 2.24) is 0 Å². The molecule has 0 N–H and O–H groups in total. The molecule has 1 atom stereocenters. The van der Waals surface area contributed by atoms with Crippen LogP contribution in [-0.4, -0.2) is 21.3 Å². The zero-order valence-corrected chi connectivity index (χ0v) is 13.1. The molecule has 90 valence electrons. The van der Waals surface area contributed by atoms with Crippen molar-refractivity contribution in [3.05, 3.63) is 0 Å². The Morgan fingerprint density at radius 2 is 1.07 bits per heavy atom. The Bertz CT molecular complexity index is 126. The summed E-state index contributed by atoms with van der Waals surface area (Å²) in [7, 11) is 0. The van der Waals surface area contributed by atoms with Gasteiger partial charge in [0.1, 0.15) is 0 Å². The summed E-state index contributed by atoms with van der Waals surface area (Å²) >= 11 is 3.11. The topological polar surface area (TPSA) is 0 Å². The summed E-state index contributed by atoms with van der Waals surface area (Å²) in [6.45, 7) is 3.33. The molecule has 0 aromatic carbocycles. The van der Waals surface area contributed by atoms with E-state index in [1.165, 1.54) is 76.8 Å². The van der Waals surface area contributed by atoms with Gasteiger partial charge >= 0.3 is 92.3 Å². The molecule has 0 aromatic rings. The summed E-state index contributed by atoms with van der Waals surface area (Å²) < 4.78 is 0. The molecular formula is C13H28PSe+. The van der Waals surface area contributed by atoms with Crippen LogP contribution in [-0.2, 0) is 0 Å². The van der Waals surface area contributed by atoms with E-state index in [1.54, 1.807) is 0 Å². The molecule has 0 bridgehead atoms. The van der Waals surface area contributed by atoms with Gasteiger partial charge in [0.25, 0.3) is 0 Å². The molecular weight excluding hydrogens is 266 g/mol. The van der Waals surface area contributed by atoms with Gasteiger partial charge in [-0.05, 0) is 0 Å². The van der Waals surface area contributed by atoms with E-state index in [1.807, 2.05) is 0 Å². The van der Waals surface area contributed by atoms with E-state index in [9.17, 15) is 0 Å². The molecule has 0 rings (SSSR count). The Morgan fingerprint density at radius 3 is 1.47 bits per heavy atom. The van der Waals surface area contributed by atoms with Gasteiger partial charge in [0, 0.05) is 0 Å². The van der Waals surface area contributed by atoms with Crippen molar-refractivity contribution in [3.63, 3.8) is 0 Å². The van der Waals surface area contributed by atoms with Gasteiger partial charge in [-0.3, -0.25) is 0 Å². The molecule has 2 heteroatoms. The van der Waals surface area contributed by atoms with Crippen molar-refractivity contribution in [2.75, 3.05) is 6.16 Å². The molecule has 1 unspecified atom stereocenters. The van der Waals surface area contributed by atoms with Gasteiger partial charge < -0.3 is 0 Å². The number of hydrogen-bond donors (Lipinski definition) is 0. The SMILES string of the molecule is CCCCCCCCCCCCC[PH+]=[Se]. The predicted molar refractivity (Wildman–Crippen MR) is 75.4 cm³/mol. The van der Waals surface area contributed by atoms with Crippen molar-refractivity contribution < 1.29 is 0 Å². The molecule has 0 aliphatic heterocycles. The van der Waals surface area contributed by atoms with Crippen LogP contribution in [0.1, 0.15) is 77.6 Å². The first-order valence-electron chi connectivity index (χ1n) is 6.76. The van der Waals surface area contributed by atoms with Crippen LogP contribution in [0.4, 0.5) is 0 Å². The molecule has 0 spiro atoms. The summed E-state index contributed by atoms with van der Waals surface area (Å²) in [5.74, 6) is 0. The van der Waals surface area contributed by atoms with Crippen LogP contribution in [0.15, 0.2) is 0 Å². The molecule has 0 radical (unpaired) electrons. The third-order valence-corrected chi connectivity index (χ3v) is 4.72. The second-order valence-electron chi connectivity index (χ2n) is 4.43. The van der Waals surface area contributed by atoms with Crippen LogP contribution < -0.4 is 0 Å². The molecule has 0 fully saturated rings. The molecule has 0 heterocycles. The first-order valence-corrected chi connectivity index (χ1v) is 10.4.